The van der Waals surface area contributed by atoms with Gasteiger partial charge >= 0.3 is 0 Å². The Morgan fingerprint density at radius 2 is 1.81 bits per heavy atom. The molecule has 1 aliphatic rings. The third-order valence-electron chi connectivity index (χ3n) is 4.51. The average molecular weight is 314 g/mol. The summed E-state index contributed by atoms with van der Waals surface area (Å²) in [6.07, 6.45) is 5.94. The van der Waals surface area contributed by atoms with Crippen LogP contribution >= 0.6 is 0 Å². The molecule has 0 aromatic carbocycles. The first-order valence-corrected chi connectivity index (χ1v) is 9.04. The van der Waals surface area contributed by atoms with Crippen molar-refractivity contribution < 1.29 is 8.42 Å². The molecule has 0 aliphatic heterocycles. The molecule has 1 heterocycles. The summed E-state index contributed by atoms with van der Waals surface area (Å²) in [5.74, 6) is 0. The Hall–Kier alpha value is -0.920. The minimum Gasteiger partial charge on any atom is -0.329 e. The van der Waals surface area contributed by atoms with Crippen molar-refractivity contribution in [2.24, 2.45) is 12.8 Å². The van der Waals surface area contributed by atoms with Crippen LogP contribution in [0.15, 0.2) is 4.90 Å². The molecule has 3 N–H and O–H groups in total. The lowest BCUT2D eigenvalue weighted by Gasteiger charge is -2.32. The molecule has 0 saturated heterocycles. The zero-order valence-electron chi connectivity index (χ0n) is 13.1. The van der Waals surface area contributed by atoms with Crippen molar-refractivity contribution in [2.75, 3.05) is 6.54 Å². The number of aromatic nitrogens is 2. The van der Waals surface area contributed by atoms with Gasteiger partial charge in [0.1, 0.15) is 4.90 Å². The molecule has 0 unspecified atom stereocenters. The van der Waals surface area contributed by atoms with E-state index < -0.39 is 15.6 Å². The Labute approximate surface area is 127 Å². The number of nitrogens with two attached hydrogens (primary N) is 1. The number of nitrogens with zero attached hydrogens (tertiary/aromatic N) is 2. The van der Waals surface area contributed by atoms with Gasteiger partial charge in [-0.15, -0.1) is 0 Å². The molecular weight excluding hydrogens is 288 g/mol. The monoisotopic (exact) mass is 314 g/mol. The first kappa shape index (κ1) is 16.5. The Kier molecular flexibility index (Phi) is 4.75. The normalized spacial score (nSPS) is 19.4. The molecule has 0 radical (unpaired) electrons. The van der Waals surface area contributed by atoms with Gasteiger partial charge in [0.2, 0.25) is 10.0 Å². The average Bonchev–Trinajstić information content (AvgIpc) is 2.58. The smallest absolute Gasteiger partial charge is 0.244 e. The van der Waals surface area contributed by atoms with Gasteiger partial charge in [0.15, 0.2) is 0 Å². The molecule has 0 amide bonds. The topological polar surface area (TPSA) is 90.0 Å². The number of nitrogens with one attached hydrogen (secondary N) is 1. The van der Waals surface area contributed by atoms with Crippen LogP contribution in [0.5, 0.6) is 0 Å². The first-order chi connectivity index (χ1) is 9.81. The van der Waals surface area contributed by atoms with Gasteiger partial charge in [-0.1, -0.05) is 25.7 Å². The van der Waals surface area contributed by atoms with Crippen LogP contribution in [0, 0.1) is 13.8 Å². The van der Waals surface area contributed by atoms with E-state index in [1.165, 1.54) is 0 Å². The molecule has 1 aromatic heterocycles. The maximum absolute atomic E-state index is 12.8. The van der Waals surface area contributed by atoms with E-state index >= 15 is 0 Å². The highest BCUT2D eigenvalue weighted by Gasteiger charge is 2.36. The Morgan fingerprint density at radius 3 is 2.24 bits per heavy atom. The fourth-order valence-electron chi connectivity index (χ4n) is 3.23. The van der Waals surface area contributed by atoms with E-state index in [1.807, 2.05) is 0 Å². The molecule has 7 heteroatoms. The number of rotatable bonds is 4. The second-order valence-electron chi connectivity index (χ2n) is 6.13. The van der Waals surface area contributed by atoms with Crippen LogP contribution in [0.4, 0.5) is 0 Å². The maximum Gasteiger partial charge on any atom is 0.244 e. The number of hydrogen-bond donors (Lipinski definition) is 2. The van der Waals surface area contributed by atoms with Gasteiger partial charge in [0.05, 0.1) is 11.4 Å². The highest BCUT2D eigenvalue weighted by molar-refractivity contribution is 7.89. The fraction of sp³-hybridized carbons (Fsp3) is 0.786. The summed E-state index contributed by atoms with van der Waals surface area (Å²) in [5, 5.41) is 4.20. The highest BCUT2D eigenvalue weighted by atomic mass is 32.2. The summed E-state index contributed by atoms with van der Waals surface area (Å²) < 4.78 is 30.1. The van der Waals surface area contributed by atoms with E-state index in [2.05, 4.69) is 9.82 Å². The third kappa shape index (κ3) is 3.30. The summed E-state index contributed by atoms with van der Waals surface area (Å²) in [6, 6.07) is 0. The van der Waals surface area contributed by atoms with Gasteiger partial charge in [0.25, 0.3) is 0 Å². The molecule has 1 aromatic rings. The zero-order valence-corrected chi connectivity index (χ0v) is 14.0. The molecule has 1 aliphatic carbocycles. The van der Waals surface area contributed by atoms with Crippen LogP contribution < -0.4 is 10.5 Å². The van der Waals surface area contributed by atoms with Crippen molar-refractivity contribution in [1.29, 1.82) is 0 Å². The highest BCUT2D eigenvalue weighted by Crippen LogP contribution is 2.29. The Bertz CT molecular complexity index is 599. The standard InChI is InChI=1S/C14H26N4O2S/c1-11-13(12(2)18(3)16-11)21(19,20)17-14(10-15)8-6-4-5-7-9-14/h17H,4-10,15H2,1-3H3. The van der Waals surface area contributed by atoms with Crippen LogP contribution in [-0.2, 0) is 17.1 Å². The summed E-state index contributed by atoms with van der Waals surface area (Å²) in [7, 11) is -1.84. The van der Waals surface area contributed by atoms with Gasteiger partial charge < -0.3 is 5.73 Å². The Balaban J connectivity index is 2.35. The van der Waals surface area contributed by atoms with Crippen LogP contribution in [-0.4, -0.2) is 30.3 Å². The number of sulfonamides is 1. The van der Waals surface area contributed by atoms with Crippen molar-refractivity contribution in [3.63, 3.8) is 0 Å². The SMILES string of the molecule is Cc1nn(C)c(C)c1S(=O)(=O)NC1(CN)CCCCCC1. The van der Waals surface area contributed by atoms with Crippen LogP contribution in [0.2, 0.25) is 0 Å². The lowest BCUT2D eigenvalue weighted by molar-refractivity contribution is 0.342. The fourth-order valence-corrected chi connectivity index (χ4v) is 5.14. The predicted molar refractivity (Wildman–Crippen MR) is 82.5 cm³/mol. The molecule has 0 atom stereocenters. The molecule has 1 saturated carbocycles. The summed E-state index contributed by atoms with van der Waals surface area (Å²) in [5.41, 5.74) is 6.60. The summed E-state index contributed by atoms with van der Waals surface area (Å²) in [4.78, 5) is 0.294. The minimum absolute atomic E-state index is 0.294. The van der Waals surface area contributed by atoms with E-state index in [4.69, 9.17) is 5.73 Å². The van der Waals surface area contributed by atoms with Crippen molar-refractivity contribution in [3.05, 3.63) is 11.4 Å². The van der Waals surface area contributed by atoms with Crippen molar-refractivity contribution in [3.8, 4) is 0 Å². The van der Waals surface area contributed by atoms with Crippen molar-refractivity contribution >= 4 is 10.0 Å². The molecule has 1 fully saturated rings. The van der Waals surface area contributed by atoms with E-state index in [-0.39, 0.29) is 0 Å². The molecular formula is C14H26N4O2S. The second kappa shape index (κ2) is 6.06. The molecule has 6 nitrogen and oxygen atoms in total. The lowest BCUT2D eigenvalue weighted by atomic mass is 9.92. The van der Waals surface area contributed by atoms with Gasteiger partial charge in [0, 0.05) is 19.1 Å². The third-order valence-corrected chi connectivity index (χ3v) is 6.34. The van der Waals surface area contributed by atoms with Gasteiger partial charge in [-0.25, -0.2) is 13.1 Å². The van der Waals surface area contributed by atoms with E-state index in [1.54, 1.807) is 25.6 Å². The largest absolute Gasteiger partial charge is 0.329 e. The van der Waals surface area contributed by atoms with E-state index in [0.717, 1.165) is 38.5 Å². The van der Waals surface area contributed by atoms with E-state index in [9.17, 15) is 8.42 Å². The molecule has 21 heavy (non-hydrogen) atoms. The molecule has 120 valence electrons. The van der Waals surface area contributed by atoms with Crippen LogP contribution in [0.3, 0.4) is 0 Å². The van der Waals surface area contributed by atoms with Gasteiger partial charge in [-0.2, -0.15) is 5.10 Å². The predicted octanol–water partition coefficient (Wildman–Crippen LogP) is 1.37. The van der Waals surface area contributed by atoms with Crippen molar-refractivity contribution in [2.45, 2.75) is 62.8 Å². The zero-order chi connectivity index (χ0) is 15.7. The van der Waals surface area contributed by atoms with Gasteiger partial charge in [-0.05, 0) is 26.7 Å². The van der Waals surface area contributed by atoms with E-state index in [0.29, 0.717) is 22.8 Å². The molecule has 0 spiro atoms. The molecule has 0 bridgehead atoms. The van der Waals surface area contributed by atoms with Crippen molar-refractivity contribution in [1.82, 2.24) is 14.5 Å². The van der Waals surface area contributed by atoms with Crippen LogP contribution in [0.1, 0.15) is 49.9 Å². The number of aryl methyl sites for hydroxylation is 2. The Morgan fingerprint density at radius 1 is 1.24 bits per heavy atom. The van der Waals surface area contributed by atoms with Gasteiger partial charge in [-0.3, -0.25) is 4.68 Å². The molecule has 2 rings (SSSR count). The quantitative estimate of drug-likeness (QED) is 0.821. The first-order valence-electron chi connectivity index (χ1n) is 7.55. The minimum atomic E-state index is -3.60. The maximum atomic E-state index is 12.8. The lowest BCUT2D eigenvalue weighted by Crippen LogP contribution is -2.53. The second-order valence-corrected chi connectivity index (χ2v) is 7.75. The number of hydrogen-bond acceptors (Lipinski definition) is 4. The summed E-state index contributed by atoms with van der Waals surface area (Å²) in [6.45, 7) is 3.84. The van der Waals surface area contributed by atoms with Crippen LogP contribution in [0.25, 0.3) is 0 Å². The summed E-state index contributed by atoms with van der Waals surface area (Å²) >= 11 is 0.